The maximum Gasteiger partial charge on any atom is 0.338 e. The Morgan fingerprint density at radius 3 is 2.31 bits per heavy atom. The molecule has 0 fully saturated rings. The predicted octanol–water partition coefficient (Wildman–Crippen LogP) is 3.70. The van der Waals surface area contributed by atoms with Crippen LogP contribution in [0.15, 0.2) is 48.5 Å². The van der Waals surface area contributed by atoms with Crippen LogP contribution in [0.1, 0.15) is 30.6 Å². The average molecular weight is 439 g/mol. The molecule has 0 radical (unpaired) electrons. The van der Waals surface area contributed by atoms with E-state index in [1.807, 2.05) is 0 Å². The van der Waals surface area contributed by atoms with E-state index < -0.39 is 27.9 Å². The van der Waals surface area contributed by atoms with Crippen LogP contribution in [-0.2, 0) is 19.6 Å². The molecule has 156 valence electrons. The summed E-state index contributed by atoms with van der Waals surface area (Å²) in [6, 6.07) is 11.5. The van der Waals surface area contributed by atoms with Gasteiger partial charge in [0.05, 0.1) is 24.1 Å². The minimum Gasteiger partial charge on any atom is -0.462 e. The van der Waals surface area contributed by atoms with Crippen LogP contribution in [0.3, 0.4) is 0 Å². The summed E-state index contributed by atoms with van der Waals surface area (Å²) in [5, 5.41) is 3.06. The van der Waals surface area contributed by atoms with Gasteiger partial charge in [-0.05, 0) is 55.8 Å². The molecule has 0 aromatic heterocycles. The summed E-state index contributed by atoms with van der Waals surface area (Å²) in [6.07, 6.45) is 1.28. The van der Waals surface area contributed by atoms with Crippen LogP contribution in [-0.4, -0.2) is 39.2 Å². The molecule has 0 heterocycles. The molecule has 9 heteroatoms. The fourth-order valence-corrected chi connectivity index (χ4v) is 4.19. The Hall–Kier alpha value is -2.58. The third-order valence-corrected chi connectivity index (χ3v) is 5.47. The number of hydrogen-bond donors (Lipinski definition) is 1. The molecule has 7 nitrogen and oxygen atoms in total. The maximum absolute atomic E-state index is 12.9. The van der Waals surface area contributed by atoms with Crippen molar-refractivity contribution in [2.45, 2.75) is 26.3 Å². The van der Waals surface area contributed by atoms with Crippen molar-refractivity contribution in [1.82, 2.24) is 0 Å². The highest BCUT2D eigenvalue weighted by molar-refractivity contribution is 7.92. The number of hydrogen-bond acceptors (Lipinski definition) is 5. The first-order valence-corrected chi connectivity index (χ1v) is 11.2. The maximum atomic E-state index is 12.9. The minimum absolute atomic E-state index is 0.242. The highest BCUT2D eigenvalue weighted by Gasteiger charge is 2.31. The number of carbonyl (C=O) groups excluding carboxylic acids is 2. The van der Waals surface area contributed by atoms with Gasteiger partial charge < -0.3 is 10.1 Å². The number of sulfonamides is 1. The lowest BCUT2D eigenvalue weighted by molar-refractivity contribution is -0.117. The van der Waals surface area contributed by atoms with Crippen molar-refractivity contribution in [2.75, 3.05) is 22.5 Å². The van der Waals surface area contributed by atoms with Crippen LogP contribution in [0.25, 0.3) is 0 Å². The van der Waals surface area contributed by atoms with E-state index >= 15 is 0 Å². The molecule has 0 aliphatic rings. The van der Waals surface area contributed by atoms with Crippen molar-refractivity contribution in [1.29, 1.82) is 0 Å². The third kappa shape index (κ3) is 5.95. The average Bonchev–Trinajstić information content (AvgIpc) is 2.65. The second-order valence-electron chi connectivity index (χ2n) is 6.25. The number of ether oxygens (including phenoxy) is 1. The Morgan fingerprint density at radius 1 is 1.14 bits per heavy atom. The summed E-state index contributed by atoms with van der Waals surface area (Å²) in [5.74, 6) is -0.956. The largest absolute Gasteiger partial charge is 0.462 e. The van der Waals surface area contributed by atoms with Gasteiger partial charge in [0, 0.05) is 10.7 Å². The van der Waals surface area contributed by atoms with Gasteiger partial charge in [-0.25, -0.2) is 13.2 Å². The Labute approximate surface area is 175 Å². The summed E-state index contributed by atoms with van der Waals surface area (Å²) >= 11 is 6.00. The van der Waals surface area contributed by atoms with Gasteiger partial charge in [0.1, 0.15) is 6.04 Å². The fraction of sp³-hybridized carbons (Fsp3) is 0.300. The zero-order valence-corrected chi connectivity index (χ0v) is 18.0. The van der Waals surface area contributed by atoms with Gasteiger partial charge in [-0.3, -0.25) is 9.10 Å². The summed E-state index contributed by atoms with van der Waals surface area (Å²) in [7, 11) is -3.75. The molecule has 2 rings (SSSR count). The van der Waals surface area contributed by atoms with E-state index in [0.29, 0.717) is 22.0 Å². The molecule has 2 aromatic carbocycles. The van der Waals surface area contributed by atoms with Crippen molar-refractivity contribution in [3.8, 4) is 0 Å². The summed E-state index contributed by atoms with van der Waals surface area (Å²) in [5.41, 5.74) is 1.09. The third-order valence-electron chi connectivity index (χ3n) is 4.06. The van der Waals surface area contributed by atoms with Crippen molar-refractivity contribution in [3.05, 3.63) is 59.1 Å². The molecule has 0 aliphatic heterocycles. The van der Waals surface area contributed by atoms with Crippen LogP contribution in [0, 0.1) is 0 Å². The summed E-state index contributed by atoms with van der Waals surface area (Å²) in [6.45, 7) is 3.70. The van der Waals surface area contributed by atoms with Gasteiger partial charge in [-0.2, -0.15) is 0 Å². The molecule has 1 amide bonds. The molecule has 1 N–H and O–H groups in total. The SMILES string of the molecule is CCOC(=O)c1ccc(NC(=O)[C@H](CC)N(c2cccc(Cl)c2)S(C)(=O)=O)cc1. The van der Waals surface area contributed by atoms with E-state index in [9.17, 15) is 18.0 Å². The molecule has 0 saturated heterocycles. The van der Waals surface area contributed by atoms with Crippen LogP contribution in [0.4, 0.5) is 11.4 Å². The number of nitrogens with zero attached hydrogens (tertiary/aromatic N) is 1. The molecule has 0 saturated carbocycles. The highest BCUT2D eigenvalue weighted by atomic mass is 35.5. The molecule has 0 bridgehead atoms. The van der Waals surface area contributed by atoms with E-state index in [1.165, 1.54) is 18.2 Å². The Morgan fingerprint density at radius 2 is 1.79 bits per heavy atom. The van der Waals surface area contributed by atoms with Gasteiger partial charge >= 0.3 is 5.97 Å². The van der Waals surface area contributed by atoms with E-state index in [1.54, 1.807) is 44.2 Å². The molecule has 0 unspecified atom stereocenters. The fourth-order valence-electron chi connectivity index (χ4n) is 2.80. The molecular weight excluding hydrogens is 416 g/mol. The quantitative estimate of drug-likeness (QED) is 0.634. The van der Waals surface area contributed by atoms with Crippen LogP contribution >= 0.6 is 11.6 Å². The number of rotatable bonds is 8. The number of nitrogens with one attached hydrogen (secondary N) is 1. The number of amides is 1. The number of carbonyl (C=O) groups is 2. The van der Waals surface area contributed by atoms with Crippen LogP contribution in [0.5, 0.6) is 0 Å². The molecule has 29 heavy (non-hydrogen) atoms. The Balaban J connectivity index is 2.27. The lowest BCUT2D eigenvalue weighted by Crippen LogP contribution is -2.47. The Kier molecular flexibility index (Phi) is 7.64. The second-order valence-corrected chi connectivity index (χ2v) is 8.55. The van der Waals surface area contributed by atoms with Gasteiger partial charge in [0.15, 0.2) is 0 Å². The standard InChI is InChI=1S/C20H23ClN2O5S/c1-4-18(23(29(3,26)27)17-8-6-7-15(21)13-17)19(24)22-16-11-9-14(10-12-16)20(25)28-5-2/h6-13,18H,4-5H2,1-3H3,(H,22,24)/t18-/m0/s1. The molecule has 0 aliphatic carbocycles. The minimum atomic E-state index is -3.75. The van der Waals surface area contributed by atoms with Gasteiger partial charge in [0.25, 0.3) is 0 Å². The second kappa shape index (κ2) is 9.76. The predicted molar refractivity (Wildman–Crippen MR) is 114 cm³/mol. The molecular formula is C20H23ClN2O5S. The van der Waals surface area contributed by atoms with E-state index in [4.69, 9.17) is 16.3 Å². The normalized spacial score (nSPS) is 12.1. The summed E-state index contributed by atoms with van der Waals surface area (Å²) in [4.78, 5) is 24.6. The smallest absolute Gasteiger partial charge is 0.338 e. The van der Waals surface area contributed by atoms with E-state index in [0.717, 1.165) is 10.6 Å². The topological polar surface area (TPSA) is 92.8 Å². The summed E-state index contributed by atoms with van der Waals surface area (Å²) < 4.78 is 30.8. The van der Waals surface area contributed by atoms with Gasteiger partial charge in [0.2, 0.25) is 15.9 Å². The van der Waals surface area contributed by atoms with Crippen molar-refractivity contribution >= 4 is 44.9 Å². The number of esters is 1. The Bertz CT molecular complexity index is 977. The van der Waals surface area contributed by atoms with Crippen molar-refractivity contribution in [3.63, 3.8) is 0 Å². The van der Waals surface area contributed by atoms with Gasteiger partial charge in [-0.1, -0.05) is 24.6 Å². The van der Waals surface area contributed by atoms with Crippen LogP contribution < -0.4 is 9.62 Å². The van der Waals surface area contributed by atoms with Crippen molar-refractivity contribution in [2.24, 2.45) is 0 Å². The number of benzene rings is 2. The number of halogens is 1. The highest BCUT2D eigenvalue weighted by Crippen LogP contribution is 2.26. The molecule has 2 aromatic rings. The van der Waals surface area contributed by atoms with E-state index in [-0.39, 0.29) is 13.0 Å². The van der Waals surface area contributed by atoms with Crippen molar-refractivity contribution < 1.29 is 22.7 Å². The monoisotopic (exact) mass is 438 g/mol. The lowest BCUT2D eigenvalue weighted by atomic mass is 10.1. The van der Waals surface area contributed by atoms with E-state index in [2.05, 4.69) is 5.32 Å². The first-order valence-electron chi connectivity index (χ1n) is 9.00. The van der Waals surface area contributed by atoms with Crippen LogP contribution in [0.2, 0.25) is 5.02 Å². The first-order chi connectivity index (χ1) is 13.7. The lowest BCUT2D eigenvalue weighted by Gasteiger charge is -2.30. The molecule has 0 spiro atoms. The zero-order valence-electron chi connectivity index (χ0n) is 16.4. The molecule has 1 atom stereocenters. The zero-order chi connectivity index (χ0) is 21.6. The first kappa shape index (κ1) is 22.7. The number of anilines is 2. The van der Waals surface area contributed by atoms with Gasteiger partial charge in [-0.15, -0.1) is 0 Å².